The summed E-state index contributed by atoms with van der Waals surface area (Å²) in [4.78, 5) is 26.6. The number of hydrogen-bond acceptors (Lipinski definition) is 4. The number of rotatable bonds is 7. The Morgan fingerprint density at radius 1 is 1.04 bits per heavy atom. The van der Waals surface area contributed by atoms with E-state index in [9.17, 15) is 19.1 Å². The summed E-state index contributed by atoms with van der Waals surface area (Å²) >= 11 is 0. The molecule has 0 aliphatic carbocycles. The fraction of sp³-hybridized carbons (Fsp3) is 0.364. The summed E-state index contributed by atoms with van der Waals surface area (Å²) in [6.07, 6.45) is 0.902. The van der Waals surface area contributed by atoms with Crippen molar-refractivity contribution < 1.29 is 19.1 Å². The van der Waals surface area contributed by atoms with Crippen molar-refractivity contribution in [1.82, 2.24) is 10.2 Å². The molecule has 1 saturated heterocycles. The third kappa shape index (κ3) is 5.47. The number of piperidine rings is 1. The van der Waals surface area contributed by atoms with E-state index in [1.807, 2.05) is 18.2 Å². The number of aliphatic hydroxyl groups is 1. The van der Waals surface area contributed by atoms with Gasteiger partial charge in [-0.3, -0.25) is 9.59 Å². The molecule has 3 rings (SSSR count). The minimum atomic E-state index is -1.10. The van der Waals surface area contributed by atoms with Gasteiger partial charge in [0.15, 0.2) is 5.78 Å². The fourth-order valence-corrected chi connectivity index (χ4v) is 3.40. The SMILES string of the molecule is O=C(NC1CCN(CCC(O)C(=O)c2ccc(F)cc2)CC1)c1ccccc1. The van der Waals surface area contributed by atoms with E-state index in [1.165, 1.54) is 24.3 Å². The van der Waals surface area contributed by atoms with Crippen molar-refractivity contribution in [3.8, 4) is 0 Å². The Hall–Kier alpha value is -2.57. The zero-order chi connectivity index (χ0) is 19.9. The summed E-state index contributed by atoms with van der Waals surface area (Å²) < 4.78 is 12.9. The summed E-state index contributed by atoms with van der Waals surface area (Å²) in [5.41, 5.74) is 0.976. The Bertz CT molecular complexity index is 787. The molecule has 148 valence electrons. The van der Waals surface area contributed by atoms with Gasteiger partial charge >= 0.3 is 0 Å². The number of amides is 1. The number of benzene rings is 2. The van der Waals surface area contributed by atoms with Crippen LogP contribution in [0.15, 0.2) is 54.6 Å². The zero-order valence-electron chi connectivity index (χ0n) is 15.7. The molecule has 0 saturated carbocycles. The molecule has 2 aromatic rings. The minimum absolute atomic E-state index is 0.0561. The molecule has 1 fully saturated rings. The van der Waals surface area contributed by atoms with Crippen molar-refractivity contribution >= 4 is 11.7 Å². The summed E-state index contributed by atoms with van der Waals surface area (Å²) in [6, 6.07) is 14.5. The number of Topliss-reactive ketones (excluding diaryl/α,β-unsaturated/α-hetero) is 1. The van der Waals surface area contributed by atoms with Gasteiger partial charge in [0.05, 0.1) is 0 Å². The molecule has 1 heterocycles. The van der Waals surface area contributed by atoms with Gasteiger partial charge in [0.25, 0.3) is 5.91 Å². The van der Waals surface area contributed by atoms with E-state index in [2.05, 4.69) is 10.2 Å². The smallest absolute Gasteiger partial charge is 0.251 e. The van der Waals surface area contributed by atoms with Gasteiger partial charge in [-0.2, -0.15) is 0 Å². The molecule has 1 aliphatic heterocycles. The third-order valence-corrected chi connectivity index (χ3v) is 5.11. The van der Waals surface area contributed by atoms with Gasteiger partial charge in [0.1, 0.15) is 11.9 Å². The van der Waals surface area contributed by atoms with Gasteiger partial charge in [-0.25, -0.2) is 4.39 Å². The van der Waals surface area contributed by atoms with Crippen molar-refractivity contribution in [1.29, 1.82) is 0 Å². The van der Waals surface area contributed by atoms with Gasteiger partial charge in [-0.15, -0.1) is 0 Å². The van der Waals surface area contributed by atoms with Crippen LogP contribution in [0.5, 0.6) is 0 Å². The van der Waals surface area contributed by atoms with Crippen LogP contribution in [0.3, 0.4) is 0 Å². The Kier molecular flexibility index (Phi) is 6.90. The molecular weight excluding hydrogens is 359 g/mol. The highest BCUT2D eigenvalue weighted by Crippen LogP contribution is 2.14. The lowest BCUT2D eigenvalue weighted by atomic mass is 10.0. The molecule has 0 bridgehead atoms. The molecule has 1 atom stereocenters. The first-order chi connectivity index (χ1) is 13.5. The van der Waals surface area contributed by atoms with E-state index < -0.39 is 11.9 Å². The van der Waals surface area contributed by atoms with Gasteiger partial charge in [-0.05, 0) is 55.7 Å². The highest BCUT2D eigenvalue weighted by atomic mass is 19.1. The number of carbonyl (C=O) groups excluding carboxylic acids is 2. The van der Waals surface area contributed by atoms with Crippen molar-refractivity contribution in [2.45, 2.75) is 31.4 Å². The van der Waals surface area contributed by atoms with Crippen LogP contribution in [0.4, 0.5) is 4.39 Å². The number of aliphatic hydroxyl groups excluding tert-OH is 1. The minimum Gasteiger partial charge on any atom is -0.385 e. The quantitative estimate of drug-likeness (QED) is 0.720. The molecule has 0 radical (unpaired) electrons. The maximum Gasteiger partial charge on any atom is 0.251 e. The second-order valence-corrected chi connectivity index (χ2v) is 7.13. The number of nitrogens with one attached hydrogen (secondary N) is 1. The Balaban J connectivity index is 1.40. The van der Waals surface area contributed by atoms with Crippen LogP contribution in [0, 0.1) is 5.82 Å². The number of ketones is 1. The maximum atomic E-state index is 12.9. The van der Waals surface area contributed by atoms with E-state index >= 15 is 0 Å². The molecule has 1 amide bonds. The van der Waals surface area contributed by atoms with Crippen LogP contribution in [0.2, 0.25) is 0 Å². The first kappa shape index (κ1) is 20.2. The van der Waals surface area contributed by atoms with Gasteiger partial charge in [0, 0.05) is 36.8 Å². The van der Waals surface area contributed by atoms with Crippen LogP contribution in [-0.2, 0) is 0 Å². The molecule has 6 heteroatoms. The predicted octanol–water partition coefficient (Wildman–Crippen LogP) is 2.65. The van der Waals surface area contributed by atoms with Crippen LogP contribution in [0.25, 0.3) is 0 Å². The van der Waals surface area contributed by atoms with E-state index in [-0.39, 0.29) is 17.7 Å². The zero-order valence-corrected chi connectivity index (χ0v) is 15.7. The first-order valence-corrected chi connectivity index (χ1v) is 9.59. The molecule has 28 heavy (non-hydrogen) atoms. The topological polar surface area (TPSA) is 69.6 Å². The Morgan fingerprint density at radius 3 is 2.32 bits per heavy atom. The molecule has 2 N–H and O–H groups in total. The summed E-state index contributed by atoms with van der Waals surface area (Å²) in [7, 11) is 0. The number of hydrogen-bond donors (Lipinski definition) is 2. The van der Waals surface area contributed by atoms with Gasteiger partial charge < -0.3 is 15.3 Å². The highest BCUT2D eigenvalue weighted by Gasteiger charge is 2.23. The van der Waals surface area contributed by atoms with E-state index in [1.54, 1.807) is 12.1 Å². The van der Waals surface area contributed by atoms with Crippen LogP contribution in [0.1, 0.15) is 40.0 Å². The number of carbonyl (C=O) groups is 2. The third-order valence-electron chi connectivity index (χ3n) is 5.11. The van der Waals surface area contributed by atoms with Crippen molar-refractivity contribution in [3.05, 3.63) is 71.5 Å². The summed E-state index contributed by atoms with van der Waals surface area (Å²) in [6.45, 7) is 2.21. The fourth-order valence-electron chi connectivity index (χ4n) is 3.40. The summed E-state index contributed by atoms with van der Waals surface area (Å²) in [5.74, 6) is -0.849. The van der Waals surface area contributed by atoms with Crippen molar-refractivity contribution in [2.24, 2.45) is 0 Å². The van der Waals surface area contributed by atoms with Gasteiger partial charge in [0.2, 0.25) is 0 Å². The largest absolute Gasteiger partial charge is 0.385 e. The van der Waals surface area contributed by atoms with Crippen LogP contribution < -0.4 is 5.32 Å². The lowest BCUT2D eigenvalue weighted by Crippen LogP contribution is -2.45. The number of halogens is 1. The average molecular weight is 384 g/mol. The standard InChI is InChI=1S/C22H25FN2O3/c23-18-8-6-16(7-9-18)21(27)20(26)12-15-25-13-10-19(11-14-25)24-22(28)17-4-2-1-3-5-17/h1-9,19-20,26H,10-15H2,(H,24,28). The van der Waals surface area contributed by atoms with Crippen molar-refractivity contribution in [3.63, 3.8) is 0 Å². The normalized spacial score (nSPS) is 16.5. The second kappa shape index (κ2) is 9.57. The molecular formula is C22H25FN2O3. The van der Waals surface area contributed by atoms with E-state index in [0.29, 0.717) is 24.1 Å². The molecule has 2 aromatic carbocycles. The van der Waals surface area contributed by atoms with E-state index in [0.717, 1.165) is 25.9 Å². The Labute approximate surface area is 164 Å². The van der Waals surface area contributed by atoms with E-state index in [4.69, 9.17) is 0 Å². The molecule has 5 nitrogen and oxygen atoms in total. The lowest BCUT2D eigenvalue weighted by molar-refractivity contribution is 0.0685. The molecule has 1 aliphatic rings. The maximum absolute atomic E-state index is 12.9. The monoisotopic (exact) mass is 384 g/mol. The highest BCUT2D eigenvalue weighted by molar-refractivity contribution is 5.99. The van der Waals surface area contributed by atoms with Crippen molar-refractivity contribution in [2.75, 3.05) is 19.6 Å². The average Bonchev–Trinajstić information content (AvgIpc) is 2.73. The first-order valence-electron chi connectivity index (χ1n) is 9.59. The lowest BCUT2D eigenvalue weighted by Gasteiger charge is -2.32. The Morgan fingerprint density at radius 2 is 1.68 bits per heavy atom. The van der Waals surface area contributed by atoms with Crippen LogP contribution >= 0.6 is 0 Å². The molecule has 1 unspecified atom stereocenters. The second-order valence-electron chi connectivity index (χ2n) is 7.13. The number of likely N-dealkylation sites (tertiary alicyclic amines) is 1. The van der Waals surface area contributed by atoms with Gasteiger partial charge in [-0.1, -0.05) is 18.2 Å². The predicted molar refractivity (Wildman–Crippen MR) is 105 cm³/mol. The summed E-state index contributed by atoms with van der Waals surface area (Å²) in [5, 5.41) is 13.2. The number of nitrogens with zero attached hydrogens (tertiary/aromatic N) is 1. The molecule has 0 spiro atoms. The molecule has 0 aromatic heterocycles. The van der Waals surface area contributed by atoms with Crippen LogP contribution in [-0.4, -0.2) is 53.5 Å².